The van der Waals surface area contributed by atoms with Gasteiger partial charge in [-0.15, -0.1) is 0 Å². The summed E-state index contributed by atoms with van der Waals surface area (Å²) in [6, 6.07) is 15.5. The van der Waals surface area contributed by atoms with Gasteiger partial charge in [-0.05, 0) is 73.7 Å². The molecule has 1 saturated carbocycles. The van der Waals surface area contributed by atoms with Gasteiger partial charge in [0.25, 0.3) is 0 Å². The van der Waals surface area contributed by atoms with Crippen LogP contribution in [-0.2, 0) is 4.79 Å². The van der Waals surface area contributed by atoms with E-state index in [4.69, 9.17) is 4.74 Å². The number of hydrogen-bond donors (Lipinski definition) is 2. The molecule has 1 amide bonds. The zero-order valence-corrected chi connectivity index (χ0v) is 16.7. The van der Waals surface area contributed by atoms with E-state index < -0.39 is 0 Å². The maximum Gasteiger partial charge on any atom is 0.228 e. The van der Waals surface area contributed by atoms with E-state index in [0.717, 1.165) is 22.8 Å². The Bertz CT molecular complexity index is 832. The van der Waals surface area contributed by atoms with Crippen molar-refractivity contribution in [3.05, 3.63) is 60.2 Å². The normalized spacial score (nSPS) is 19.7. The summed E-state index contributed by atoms with van der Waals surface area (Å²) in [7, 11) is 1.65. The molecule has 2 aromatic carbocycles. The molecule has 0 radical (unpaired) electrons. The fourth-order valence-corrected chi connectivity index (χ4v) is 3.55. The van der Waals surface area contributed by atoms with Crippen molar-refractivity contribution in [2.75, 3.05) is 17.7 Å². The van der Waals surface area contributed by atoms with Crippen LogP contribution in [0.3, 0.4) is 0 Å². The van der Waals surface area contributed by atoms with Gasteiger partial charge in [-0.3, -0.25) is 4.79 Å². The minimum Gasteiger partial charge on any atom is -0.497 e. The molecule has 0 saturated heterocycles. The number of allylic oxidation sites excluding steroid dienone is 2. The summed E-state index contributed by atoms with van der Waals surface area (Å²) in [5.41, 5.74) is 4.05. The summed E-state index contributed by atoms with van der Waals surface area (Å²) in [5, 5.41) is 6.39. The maximum absolute atomic E-state index is 12.7. The molecular weight excluding hydrogens is 336 g/mol. The van der Waals surface area contributed by atoms with Crippen molar-refractivity contribution >= 4 is 23.0 Å². The Morgan fingerprint density at radius 2 is 1.48 bits per heavy atom. The summed E-state index contributed by atoms with van der Waals surface area (Å²) in [5.74, 6) is 1.27. The Balaban J connectivity index is 1.60. The molecule has 0 heterocycles. The van der Waals surface area contributed by atoms with Crippen LogP contribution < -0.4 is 15.4 Å². The van der Waals surface area contributed by atoms with E-state index in [2.05, 4.69) is 44.4 Å². The highest BCUT2D eigenvalue weighted by atomic mass is 16.5. The van der Waals surface area contributed by atoms with Crippen molar-refractivity contribution in [3.63, 3.8) is 0 Å². The Hall–Kier alpha value is -2.75. The molecule has 1 fully saturated rings. The Labute approximate surface area is 161 Å². The lowest BCUT2D eigenvalue weighted by atomic mass is 10.1. The molecule has 2 unspecified atom stereocenters. The van der Waals surface area contributed by atoms with Gasteiger partial charge in [0.2, 0.25) is 5.91 Å². The molecular formula is C23H28N2O2. The molecule has 2 atom stereocenters. The predicted molar refractivity (Wildman–Crippen MR) is 112 cm³/mol. The minimum atomic E-state index is 0.0250. The highest BCUT2D eigenvalue weighted by Crippen LogP contribution is 2.59. The van der Waals surface area contributed by atoms with Crippen LogP contribution in [0.15, 0.2) is 60.2 Å². The van der Waals surface area contributed by atoms with Crippen LogP contribution >= 0.6 is 0 Å². The number of carbonyl (C=O) groups excluding carboxylic acids is 1. The van der Waals surface area contributed by atoms with E-state index in [1.165, 1.54) is 5.57 Å². The van der Waals surface area contributed by atoms with E-state index >= 15 is 0 Å². The monoisotopic (exact) mass is 364 g/mol. The fourth-order valence-electron chi connectivity index (χ4n) is 3.55. The average molecular weight is 364 g/mol. The zero-order valence-electron chi connectivity index (χ0n) is 16.7. The van der Waals surface area contributed by atoms with Crippen LogP contribution in [0.1, 0.15) is 27.7 Å². The van der Waals surface area contributed by atoms with Crippen LogP contribution in [0.25, 0.3) is 0 Å². The molecule has 142 valence electrons. The maximum atomic E-state index is 12.7. The Morgan fingerprint density at radius 3 is 2.00 bits per heavy atom. The van der Waals surface area contributed by atoms with Gasteiger partial charge in [0.15, 0.2) is 0 Å². The number of nitrogens with one attached hydrogen (secondary N) is 2. The van der Waals surface area contributed by atoms with Crippen LogP contribution in [0, 0.1) is 17.3 Å². The lowest BCUT2D eigenvalue weighted by Crippen LogP contribution is -2.16. The first-order valence-corrected chi connectivity index (χ1v) is 9.28. The predicted octanol–water partition coefficient (Wildman–Crippen LogP) is 5.62. The lowest BCUT2D eigenvalue weighted by Gasteiger charge is -2.10. The summed E-state index contributed by atoms with van der Waals surface area (Å²) in [4.78, 5) is 12.7. The average Bonchev–Trinajstić information content (AvgIpc) is 3.16. The largest absolute Gasteiger partial charge is 0.497 e. The van der Waals surface area contributed by atoms with Crippen LogP contribution in [0.5, 0.6) is 5.75 Å². The second kappa shape index (κ2) is 7.47. The fraction of sp³-hybridized carbons (Fsp3) is 0.348. The van der Waals surface area contributed by atoms with Gasteiger partial charge >= 0.3 is 0 Å². The van der Waals surface area contributed by atoms with Crippen molar-refractivity contribution in [1.29, 1.82) is 0 Å². The van der Waals surface area contributed by atoms with Gasteiger partial charge in [0.1, 0.15) is 5.75 Å². The van der Waals surface area contributed by atoms with Crippen molar-refractivity contribution in [2.45, 2.75) is 27.7 Å². The Morgan fingerprint density at radius 1 is 0.963 bits per heavy atom. The van der Waals surface area contributed by atoms with E-state index in [1.807, 2.05) is 48.5 Å². The number of carbonyl (C=O) groups is 1. The molecule has 0 spiro atoms. The highest BCUT2D eigenvalue weighted by molar-refractivity contribution is 5.96. The van der Waals surface area contributed by atoms with E-state index in [-0.39, 0.29) is 17.2 Å². The summed E-state index contributed by atoms with van der Waals surface area (Å²) >= 11 is 0. The zero-order chi connectivity index (χ0) is 19.6. The molecule has 2 N–H and O–H groups in total. The third-order valence-electron chi connectivity index (χ3n) is 5.24. The highest BCUT2D eigenvalue weighted by Gasteiger charge is 2.60. The summed E-state index contributed by atoms with van der Waals surface area (Å²) in [6.45, 7) is 8.47. The molecule has 0 bridgehead atoms. The van der Waals surface area contributed by atoms with E-state index in [1.54, 1.807) is 7.11 Å². The van der Waals surface area contributed by atoms with Crippen molar-refractivity contribution in [2.24, 2.45) is 17.3 Å². The number of methoxy groups -OCH3 is 1. The van der Waals surface area contributed by atoms with Gasteiger partial charge in [-0.2, -0.15) is 0 Å². The molecule has 1 aliphatic rings. The summed E-state index contributed by atoms with van der Waals surface area (Å²) in [6.07, 6.45) is 2.21. The Kier molecular flexibility index (Phi) is 5.26. The molecule has 4 heteroatoms. The number of amides is 1. The van der Waals surface area contributed by atoms with E-state index in [9.17, 15) is 4.79 Å². The number of rotatable bonds is 6. The van der Waals surface area contributed by atoms with Gasteiger partial charge in [0, 0.05) is 17.1 Å². The number of ether oxygens (including phenoxy) is 1. The first kappa shape index (κ1) is 19.0. The number of benzene rings is 2. The van der Waals surface area contributed by atoms with E-state index in [0.29, 0.717) is 5.92 Å². The topological polar surface area (TPSA) is 50.4 Å². The smallest absolute Gasteiger partial charge is 0.228 e. The molecule has 0 aromatic heterocycles. The SMILES string of the molecule is COc1ccc(Nc2ccc(NC(=O)C3C(C=C(C)C)C3(C)C)cc2)cc1. The van der Waals surface area contributed by atoms with Crippen molar-refractivity contribution in [3.8, 4) is 5.75 Å². The molecule has 1 aliphatic carbocycles. The second-order valence-corrected chi connectivity index (χ2v) is 7.99. The molecule has 0 aliphatic heterocycles. The third-order valence-corrected chi connectivity index (χ3v) is 5.24. The van der Waals surface area contributed by atoms with Crippen LogP contribution in [0.2, 0.25) is 0 Å². The van der Waals surface area contributed by atoms with Crippen LogP contribution in [0.4, 0.5) is 17.1 Å². The number of anilines is 3. The summed E-state index contributed by atoms with van der Waals surface area (Å²) < 4.78 is 5.17. The van der Waals surface area contributed by atoms with Gasteiger partial charge in [-0.25, -0.2) is 0 Å². The first-order chi connectivity index (χ1) is 12.8. The second-order valence-electron chi connectivity index (χ2n) is 7.99. The van der Waals surface area contributed by atoms with Crippen molar-refractivity contribution < 1.29 is 9.53 Å². The lowest BCUT2D eigenvalue weighted by molar-refractivity contribution is -0.118. The van der Waals surface area contributed by atoms with Gasteiger partial charge < -0.3 is 15.4 Å². The minimum absolute atomic E-state index is 0.0250. The van der Waals surface area contributed by atoms with Crippen molar-refractivity contribution in [1.82, 2.24) is 0 Å². The first-order valence-electron chi connectivity index (χ1n) is 9.28. The molecule has 3 rings (SSSR count). The van der Waals surface area contributed by atoms with Crippen LogP contribution in [-0.4, -0.2) is 13.0 Å². The third kappa shape index (κ3) is 4.33. The van der Waals surface area contributed by atoms with Gasteiger partial charge in [-0.1, -0.05) is 25.5 Å². The van der Waals surface area contributed by atoms with Gasteiger partial charge in [0.05, 0.1) is 13.0 Å². The molecule has 27 heavy (non-hydrogen) atoms. The quantitative estimate of drug-likeness (QED) is 0.655. The standard InChI is InChI=1S/C23H28N2O2/c1-15(2)14-20-21(23(20,3)4)22(26)25-18-8-6-16(7-9-18)24-17-10-12-19(27-5)13-11-17/h6-14,20-21,24H,1-5H3,(H,25,26). The molecule has 4 nitrogen and oxygen atoms in total. The number of hydrogen-bond acceptors (Lipinski definition) is 3. The molecule has 2 aromatic rings.